The molecule has 3 amide bonds. The van der Waals surface area contributed by atoms with Crippen molar-refractivity contribution in [3.05, 3.63) is 11.1 Å². The first-order chi connectivity index (χ1) is 9.31. The van der Waals surface area contributed by atoms with E-state index in [0.29, 0.717) is 18.4 Å². The molecule has 20 heavy (non-hydrogen) atoms. The van der Waals surface area contributed by atoms with Crippen molar-refractivity contribution in [2.75, 3.05) is 6.54 Å². The third-order valence-electron chi connectivity index (χ3n) is 3.81. The van der Waals surface area contributed by atoms with E-state index in [2.05, 4.69) is 17.6 Å². The zero-order valence-corrected chi connectivity index (χ0v) is 12.2. The van der Waals surface area contributed by atoms with Crippen molar-refractivity contribution in [1.29, 1.82) is 0 Å². The van der Waals surface area contributed by atoms with Gasteiger partial charge in [0.2, 0.25) is 0 Å². The highest BCUT2D eigenvalue weighted by Crippen LogP contribution is 2.29. The second-order valence-electron chi connectivity index (χ2n) is 5.50. The zero-order chi connectivity index (χ0) is 15.3. The van der Waals surface area contributed by atoms with E-state index in [4.69, 9.17) is 5.11 Å². The lowest BCUT2D eigenvalue weighted by molar-refractivity contribution is -0.133. The molecule has 0 radical (unpaired) electrons. The van der Waals surface area contributed by atoms with Crippen LogP contribution in [0.15, 0.2) is 11.1 Å². The SMILES string of the molecule is CC(C(=O)O)=C(C)C(=O)NC(=O)NCC1CCC(C)C1. The normalized spacial score (nSPS) is 22.9. The van der Waals surface area contributed by atoms with Gasteiger partial charge < -0.3 is 10.4 Å². The number of nitrogens with one attached hydrogen (secondary N) is 2. The smallest absolute Gasteiger partial charge is 0.331 e. The molecule has 0 aromatic heterocycles. The fraction of sp³-hybridized carbons (Fsp3) is 0.643. The highest BCUT2D eigenvalue weighted by molar-refractivity contribution is 6.07. The Balaban J connectivity index is 2.40. The molecule has 1 aliphatic rings. The quantitative estimate of drug-likeness (QED) is 0.683. The van der Waals surface area contributed by atoms with Gasteiger partial charge in [-0.3, -0.25) is 10.1 Å². The van der Waals surface area contributed by atoms with Crippen LogP contribution < -0.4 is 10.6 Å². The van der Waals surface area contributed by atoms with Crippen molar-refractivity contribution >= 4 is 17.9 Å². The lowest BCUT2D eigenvalue weighted by atomic mass is 10.1. The molecular weight excluding hydrogens is 260 g/mol. The maximum absolute atomic E-state index is 11.7. The minimum atomic E-state index is -1.17. The van der Waals surface area contributed by atoms with E-state index in [-0.39, 0.29) is 11.1 Å². The molecule has 6 heteroatoms. The van der Waals surface area contributed by atoms with E-state index < -0.39 is 17.9 Å². The van der Waals surface area contributed by atoms with Crippen LogP contribution in [0.25, 0.3) is 0 Å². The van der Waals surface area contributed by atoms with Gasteiger partial charge in [-0.2, -0.15) is 0 Å². The van der Waals surface area contributed by atoms with E-state index in [1.54, 1.807) is 0 Å². The van der Waals surface area contributed by atoms with E-state index >= 15 is 0 Å². The van der Waals surface area contributed by atoms with Crippen molar-refractivity contribution in [2.45, 2.75) is 40.0 Å². The van der Waals surface area contributed by atoms with Gasteiger partial charge in [0.15, 0.2) is 0 Å². The third kappa shape index (κ3) is 4.68. The van der Waals surface area contributed by atoms with Gasteiger partial charge in [0, 0.05) is 17.7 Å². The van der Waals surface area contributed by atoms with Crippen LogP contribution in [0.4, 0.5) is 4.79 Å². The number of hydrogen-bond donors (Lipinski definition) is 3. The van der Waals surface area contributed by atoms with Crippen LogP contribution in [0.5, 0.6) is 0 Å². The summed E-state index contributed by atoms with van der Waals surface area (Å²) in [5.41, 5.74) is -0.0398. The van der Waals surface area contributed by atoms with Gasteiger partial charge in [0.05, 0.1) is 0 Å². The number of carboxylic acid groups (broad SMARTS) is 1. The van der Waals surface area contributed by atoms with Crippen molar-refractivity contribution in [2.24, 2.45) is 11.8 Å². The molecule has 1 aliphatic carbocycles. The maximum Gasteiger partial charge on any atom is 0.331 e. The summed E-state index contributed by atoms with van der Waals surface area (Å²) in [5, 5.41) is 13.6. The minimum Gasteiger partial charge on any atom is -0.478 e. The number of carboxylic acids is 1. The molecule has 0 bridgehead atoms. The number of amides is 3. The van der Waals surface area contributed by atoms with E-state index in [1.165, 1.54) is 20.3 Å². The average Bonchev–Trinajstić information content (AvgIpc) is 2.80. The molecule has 0 heterocycles. The first-order valence-electron chi connectivity index (χ1n) is 6.81. The Bertz CT molecular complexity index is 442. The molecule has 2 unspecified atom stereocenters. The molecule has 0 aromatic rings. The van der Waals surface area contributed by atoms with Crippen LogP contribution in [0.3, 0.4) is 0 Å². The van der Waals surface area contributed by atoms with Crippen LogP contribution in [0.1, 0.15) is 40.0 Å². The summed E-state index contributed by atoms with van der Waals surface area (Å²) in [5.74, 6) is -0.696. The number of rotatable bonds is 4. The standard InChI is InChI=1S/C14H22N2O4/c1-8-4-5-11(6-8)7-15-14(20)16-12(17)9(2)10(3)13(18)19/h8,11H,4-7H2,1-3H3,(H,18,19)(H2,15,16,17,20). The molecule has 1 fully saturated rings. The number of carbonyl (C=O) groups is 3. The van der Waals surface area contributed by atoms with Gasteiger partial charge in [-0.1, -0.05) is 13.3 Å². The van der Waals surface area contributed by atoms with Crippen LogP contribution in [-0.2, 0) is 9.59 Å². The first kappa shape index (κ1) is 16.2. The lowest BCUT2D eigenvalue weighted by Crippen LogP contribution is -2.41. The Kier molecular flexibility index (Phi) is 5.73. The molecule has 0 aliphatic heterocycles. The molecule has 0 saturated heterocycles. The van der Waals surface area contributed by atoms with E-state index in [9.17, 15) is 14.4 Å². The predicted octanol–water partition coefficient (Wildman–Crippen LogP) is 1.67. The van der Waals surface area contributed by atoms with E-state index in [1.807, 2.05) is 0 Å². The van der Waals surface area contributed by atoms with Gasteiger partial charge in [-0.25, -0.2) is 9.59 Å². The highest BCUT2D eigenvalue weighted by Gasteiger charge is 2.22. The fourth-order valence-corrected chi connectivity index (χ4v) is 2.32. The topological polar surface area (TPSA) is 95.5 Å². The summed E-state index contributed by atoms with van der Waals surface area (Å²) in [6.45, 7) is 5.44. The van der Waals surface area contributed by atoms with Crippen LogP contribution in [0.2, 0.25) is 0 Å². The summed E-state index contributed by atoms with van der Waals surface area (Å²) >= 11 is 0. The number of hydrogen-bond acceptors (Lipinski definition) is 3. The number of carbonyl (C=O) groups excluding carboxylic acids is 2. The van der Waals surface area contributed by atoms with Crippen molar-refractivity contribution in [1.82, 2.24) is 10.6 Å². The van der Waals surface area contributed by atoms with Gasteiger partial charge in [0.25, 0.3) is 5.91 Å². The monoisotopic (exact) mass is 282 g/mol. The van der Waals surface area contributed by atoms with Crippen LogP contribution in [-0.4, -0.2) is 29.6 Å². The summed E-state index contributed by atoms with van der Waals surface area (Å²) < 4.78 is 0. The molecule has 2 atom stereocenters. The summed E-state index contributed by atoms with van der Waals surface area (Å²) in [6, 6.07) is -0.577. The second kappa shape index (κ2) is 7.07. The highest BCUT2D eigenvalue weighted by atomic mass is 16.4. The lowest BCUT2D eigenvalue weighted by Gasteiger charge is -2.12. The van der Waals surface area contributed by atoms with Crippen LogP contribution >= 0.6 is 0 Å². The van der Waals surface area contributed by atoms with Crippen molar-refractivity contribution in [3.63, 3.8) is 0 Å². The Morgan fingerprint density at radius 2 is 1.80 bits per heavy atom. The summed E-state index contributed by atoms with van der Waals surface area (Å²) in [6.07, 6.45) is 3.35. The molecule has 6 nitrogen and oxygen atoms in total. The summed E-state index contributed by atoms with van der Waals surface area (Å²) in [7, 11) is 0. The third-order valence-corrected chi connectivity index (χ3v) is 3.81. The number of urea groups is 1. The van der Waals surface area contributed by atoms with Crippen molar-refractivity contribution in [3.8, 4) is 0 Å². The molecule has 0 aromatic carbocycles. The summed E-state index contributed by atoms with van der Waals surface area (Å²) in [4.78, 5) is 34.0. The second-order valence-corrected chi connectivity index (χ2v) is 5.50. The molecular formula is C14H22N2O4. The predicted molar refractivity (Wildman–Crippen MR) is 74.1 cm³/mol. The number of aliphatic carboxylic acids is 1. The molecule has 112 valence electrons. The van der Waals surface area contributed by atoms with Gasteiger partial charge in [0.1, 0.15) is 0 Å². The maximum atomic E-state index is 11.7. The Hall–Kier alpha value is -1.85. The Morgan fingerprint density at radius 3 is 2.30 bits per heavy atom. The molecule has 0 spiro atoms. The van der Waals surface area contributed by atoms with Gasteiger partial charge in [-0.15, -0.1) is 0 Å². The van der Waals surface area contributed by atoms with Crippen molar-refractivity contribution < 1.29 is 19.5 Å². The van der Waals surface area contributed by atoms with E-state index in [0.717, 1.165) is 12.8 Å². The number of imide groups is 1. The Morgan fingerprint density at radius 1 is 1.15 bits per heavy atom. The Labute approximate surface area is 118 Å². The van der Waals surface area contributed by atoms with Gasteiger partial charge >= 0.3 is 12.0 Å². The largest absolute Gasteiger partial charge is 0.478 e. The average molecular weight is 282 g/mol. The first-order valence-corrected chi connectivity index (χ1v) is 6.81. The molecule has 3 N–H and O–H groups in total. The molecule has 1 rings (SSSR count). The zero-order valence-electron chi connectivity index (χ0n) is 12.2. The minimum absolute atomic E-state index is 0.0298. The van der Waals surface area contributed by atoms with Gasteiger partial charge in [-0.05, 0) is 38.5 Å². The van der Waals surface area contributed by atoms with Crippen LogP contribution in [0, 0.1) is 11.8 Å². The fourth-order valence-electron chi connectivity index (χ4n) is 2.32. The molecule has 1 saturated carbocycles.